The molecule has 1 N–H and O–H groups in total. The molecule has 1 saturated carbocycles. The maximum Gasteiger partial charge on any atom is 0.258 e. The van der Waals surface area contributed by atoms with Crippen molar-refractivity contribution in [2.75, 3.05) is 36.4 Å². The molecule has 188 valence electrons. The quantitative estimate of drug-likeness (QED) is 0.371. The monoisotopic (exact) mass is 522 g/mol. The molecule has 0 radical (unpaired) electrons. The van der Waals surface area contributed by atoms with Crippen molar-refractivity contribution in [3.63, 3.8) is 0 Å². The lowest BCUT2D eigenvalue weighted by Crippen LogP contribution is -2.56. The lowest BCUT2D eigenvalue weighted by molar-refractivity contribution is 0.0299. The zero-order valence-corrected chi connectivity index (χ0v) is 22.1. The lowest BCUT2D eigenvalue weighted by Gasteiger charge is -2.51. The van der Waals surface area contributed by atoms with Crippen LogP contribution in [0, 0.1) is 5.92 Å². The number of nitrogens with zero attached hydrogens (tertiary/aromatic N) is 3. The van der Waals surface area contributed by atoms with Gasteiger partial charge in [-0.3, -0.25) is 9.69 Å². The molecule has 1 aliphatic heterocycles. The molecule has 2 aromatic carbocycles. The molecule has 2 aliphatic rings. The Labute approximate surface area is 223 Å². The highest BCUT2D eigenvalue weighted by atomic mass is 35.5. The van der Waals surface area contributed by atoms with Crippen LogP contribution < -0.4 is 10.2 Å². The van der Waals surface area contributed by atoms with Gasteiger partial charge in [0.2, 0.25) is 0 Å². The van der Waals surface area contributed by atoms with E-state index in [4.69, 9.17) is 23.2 Å². The second kappa shape index (κ2) is 10.8. The van der Waals surface area contributed by atoms with E-state index >= 15 is 0 Å². The lowest BCUT2D eigenvalue weighted by atomic mass is 9.71. The Hall–Kier alpha value is -2.60. The van der Waals surface area contributed by atoms with Crippen LogP contribution in [0.4, 0.5) is 11.4 Å². The Balaban J connectivity index is 1.37. The molecule has 5 nitrogen and oxygen atoms in total. The largest absolute Gasteiger partial charge is 0.369 e. The molecule has 0 unspecified atom stereocenters. The Bertz CT molecular complexity index is 1200. The summed E-state index contributed by atoms with van der Waals surface area (Å²) in [6.07, 6.45) is 4.68. The minimum atomic E-state index is -0.288. The van der Waals surface area contributed by atoms with Gasteiger partial charge >= 0.3 is 0 Å². The molecule has 1 aliphatic carbocycles. The smallest absolute Gasteiger partial charge is 0.258 e. The number of halogens is 2. The zero-order valence-electron chi connectivity index (χ0n) is 20.6. The number of nitrogens with one attached hydrogen (secondary N) is 1. The molecule has 2 fully saturated rings. The Morgan fingerprint density at radius 1 is 0.944 bits per heavy atom. The van der Waals surface area contributed by atoms with Crippen LogP contribution in [0.25, 0.3) is 0 Å². The SMILES string of the molecule is C[C@H]1CC[C@](c2cccc(NC(=O)c3ccc(Cl)nc3Cl)c2)(N2CCN(c3ccccc3)CC2)CC1. The van der Waals surface area contributed by atoms with E-state index in [-0.39, 0.29) is 21.8 Å². The molecule has 5 rings (SSSR count). The summed E-state index contributed by atoms with van der Waals surface area (Å²) in [6, 6.07) is 22.2. The third kappa shape index (κ3) is 5.24. The Morgan fingerprint density at radius 2 is 1.67 bits per heavy atom. The highest BCUT2D eigenvalue weighted by Gasteiger charge is 2.42. The number of anilines is 2. The Kier molecular flexibility index (Phi) is 7.52. The zero-order chi connectivity index (χ0) is 25.1. The van der Waals surface area contributed by atoms with Crippen molar-refractivity contribution < 1.29 is 4.79 Å². The minimum absolute atomic E-state index is 0.0184. The number of para-hydroxylation sites is 1. The summed E-state index contributed by atoms with van der Waals surface area (Å²) in [4.78, 5) is 22.1. The van der Waals surface area contributed by atoms with Gasteiger partial charge < -0.3 is 10.2 Å². The first-order valence-electron chi connectivity index (χ1n) is 12.7. The summed E-state index contributed by atoms with van der Waals surface area (Å²) in [7, 11) is 0. The fourth-order valence-corrected chi connectivity index (χ4v) is 6.16. The second-order valence-electron chi connectivity index (χ2n) is 10.0. The van der Waals surface area contributed by atoms with E-state index in [0.29, 0.717) is 5.56 Å². The molecule has 2 heterocycles. The molecule has 1 saturated heterocycles. The van der Waals surface area contributed by atoms with E-state index < -0.39 is 0 Å². The standard InChI is InChI=1S/C29H32Cl2N4O/c1-21-12-14-29(15-13-21,35-18-16-34(17-19-35)24-8-3-2-4-9-24)22-6-5-7-23(20-22)32-28(36)25-10-11-26(30)33-27(25)31/h2-11,20-21H,12-19H2,1H3,(H,32,36)/t21-,29-. The number of aromatic nitrogens is 1. The van der Waals surface area contributed by atoms with Crippen LogP contribution in [0.2, 0.25) is 10.3 Å². The molecular formula is C29H32Cl2N4O. The molecular weight excluding hydrogens is 491 g/mol. The van der Waals surface area contributed by atoms with Gasteiger partial charge in [-0.05, 0) is 73.6 Å². The number of carbonyl (C=O) groups is 1. The molecule has 1 aromatic heterocycles. The predicted molar refractivity (Wildman–Crippen MR) is 148 cm³/mol. The predicted octanol–water partition coefficient (Wildman–Crippen LogP) is 6.87. The molecule has 0 bridgehead atoms. The van der Waals surface area contributed by atoms with Crippen LogP contribution in [-0.2, 0) is 5.54 Å². The van der Waals surface area contributed by atoms with Crippen molar-refractivity contribution in [1.29, 1.82) is 0 Å². The summed E-state index contributed by atoms with van der Waals surface area (Å²) in [6.45, 7) is 6.43. The number of carbonyl (C=O) groups excluding carboxylic acids is 1. The van der Waals surface area contributed by atoms with E-state index in [2.05, 4.69) is 69.5 Å². The van der Waals surface area contributed by atoms with Crippen molar-refractivity contribution in [3.05, 3.63) is 88.2 Å². The third-order valence-corrected chi connectivity index (χ3v) is 8.32. The highest BCUT2D eigenvalue weighted by molar-refractivity contribution is 6.35. The first-order valence-corrected chi connectivity index (χ1v) is 13.5. The summed E-state index contributed by atoms with van der Waals surface area (Å²) in [5.41, 5.74) is 3.63. The molecule has 0 spiro atoms. The van der Waals surface area contributed by atoms with Crippen LogP contribution in [-0.4, -0.2) is 42.0 Å². The molecule has 7 heteroatoms. The van der Waals surface area contributed by atoms with Crippen LogP contribution in [0.3, 0.4) is 0 Å². The minimum Gasteiger partial charge on any atom is -0.369 e. The average Bonchev–Trinajstić information content (AvgIpc) is 2.90. The summed E-state index contributed by atoms with van der Waals surface area (Å²) in [5.74, 6) is 0.454. The molecule has 0 atom stereocenters. The van der Waals surface area contributed by atoms with E-state index in [1.807, 2.05) is 12.1 Å². The average molecular weight is 524 g/mol. The van der Waals surface area contributed by atoms with Crippen molar-refractivity contribution in [2.24, 2.45) is 5.92 Å². The van der Waals surface area contributed by atoms with E-state index in [1.54, 1.807) is 12.1 Å². The topological polar surface area (TPSA) is 48.5 Å². The van der Waals surface area contributed by atoms with E-state index in [1.165, 1.54) is 24.1 Å². The van der Waals surface area contributed by atoms with Gasteiger partial charge in [0, 0.05) is 43.1 Å². The van der Waals surface area contributed by atoms with Gasteiger partial charge in [0.25, 0.3) is 5.91 Å². The first kappa shape index (κ1) is 25.1. The number of pyridine rings is 1. The molecule has 36 heavy (non-hydrogen) atoms. The maximum absolute atomic E-state index is 12.9. The van der Waals surface area contributed by atoms with Gasteiger partial charge in [-0.1, -0.05) is 60.5 Å². The third-order valence-electron chi connectivity index (χ3n) is 7.82. The summed E-state index contributed by atoms with van der Waals surface area (Å²) < 4.78 is 0. The first-order chi connectivity index (χ1) is 17.4. The van der Waals surface area contributed by atoms with Crippen LogP contribution in [0.15, 0.2) is 66.7 Å². The number of benzene rings is 2. The van der Waals surface area contributed by atoms with Gasteiger partial charge in [0.15, 0.2) is 0 Å². The number of hydrogen-bond donors (Lipinski definition) is 1. The maximum atomic E-state index is 12.9. The van der Waals surface area contributed by atoms with Crippen LogP contribution in [0.1, 0.15) is 48.5 Å². The Morgan fingerprint density at radius 3 is 2.36 bits per heavy atom. The van der Waals surface area contributed by atoms with Crippen molar-refractivity contribution in [2.45, 2.75) is 38.1 Å². The van der Waals surface area contributed by atoms with Crippen LogP contribution in [0.5, 0.6) is 0 Å². The van der Waals surface area contributed by atoms with Crippen molar-refractivity contribution in [1.82, 2.24) is 9.88 Å². The highest BCUT2D eigenvalue weighted by Crippen LogP contribution is 2.45. The normalized spacial score (nSPS) is 22.9. The number of hydrogen-bond acceptors (Lipinski definition) is 4. The van der Waals surface area contributed by atoms with Gasteiger partial charge in [-0.2, -0.15) is 0 Å². The fraction of sp³-hybridized carbons (Fsp3) is 0.379. The van der Waals surface area contributed by atoms with Gasteiger partial charge in [0.1, 0.15) is 10.3 Å². The number of rotatable bonds is 5. The van der Waals surface area contributed by atoms with Gasteiger partial charge in [-0.15, -0.1) is 0 Å². The molecule has 3 aromatic rings. The van der Waals surface area contributed by atoms with Crippen molar-refractivity contribution in [3.8, 4) is 0 Å². The fourth-order valence-electron chi connectivity index (χ4n) is 5.73. The van der Waals surface area contributed by atoms with Gasteiger partial charge in [0.05, 0.1) is 5.56 Å². The van der Waals surface area contributed by atoms with Crippen LogP contribution >= 0.6 is 23.2 Å². The summed E-state index contributed by atoms with van der Waals surface area (Å²) in [5, 5.41) is 3.39. The summed E-state index contributed by atoms with van der Waals surface area (Å²) >= 11 is 12.1. The van der Waals surface area contributed by atoms with Crippen molar-refractivity contribution >= 4 is 40.5 Å². The number of amides is 1. The number of piperazine rings is 1. The second-order valence-corrected chi connectivity index (χ2v) is 10.8. The van der Waals surface area contributed by atoms with E-state index in [0.717, 1.165) is 50.6 Å². The van der Waals surface area contributed by atoms with E-state index in [9.17, 15) is 4.79 Å². The molecule has 1 amide bonds. The van der Waals surface area contributed by atoms with Gasteiger partial charge in [-0.25, -0.2) is 4.98 Å².